The van der Waals surface area contributed by atoms with Crippen LogP contribution in [0.1, 0.15) is 38.5 Å². The first-order valence-corrected chi connectivity index (χ1v) is 8.48. The first-order valence-electron chi connectivity index (χ1n) is 6.52. The average Bonchev–Trinajstić information content (AvgIpc) is 2.34. The minimum atomic E-state index is -3.09. The Morgan fingerprint density at radius 1 is 1.33 bits per heavy atom. The first kappa shape index (κ1) is 15.4. The van der Waals surface area contributed by atoms with E-state index in [0.717, 1.165) is 19.3 Å². The fourth-order valence-electron chi connectivity index (χ4n) is 2.63. The van der Waals surface area contributed by atoms with Gasteiger partial charge in [-0.3, -0.25) is 4.79 Å². The maximum atomic E-state index is 11.9. The number of amides is 1. The molecule has 1 rings (SSSR count). The summed E-state index contributed by atoms with van der Waals surface area (Å²) in [6.45, 7) is 0.486. The van der Waals surface area contributed by atoms with Crippen molar-refractivity contribution in [2.75, 3.05) is 19.8 Å². The Balaban J connectivity index is 2.74. The largest absolute Gasteiger partial charge is 0.341 e. The Hall–Kier alpha value is -0.620. The SMILES string of the molecule is CN(C(=O)CCCN)[C@@H]1CCCC[C@@H]1S(C)(=O)=O. The Morgan fingerprint density at radius 3 is 2.50 bits per heavy atom. The van der Waals surface area contributed by atoms with E-state index in [1.807, 2.05) is 0 Å². The van der Waals surface area contributed by atoms with Crippen LogP contribution in [0.25, 0.3) is 0 Å². The van der Waals surface area contributed by atoms with Crippen LogP contribution in [0, 0.1) is 0 Å². The van der Waals surface area contributed by atoms with Gasteiger partial charge in [-0.25, -0.2) is 8.42 Å². The van der Waals surface area contributed by atoms with Crippen LogP contribution < -0.4 is 5.73 Å². The highest BCUT2D eigenvalue weighted by atomic mass is 32.2. The number of hydrogen-bond acceptors (Lipinski definition) is 4. The molecule has 1 amide bonds. The van der Waals surface area contributed by atoms with Crippen LogP contribution in [-0.4, -0.2) is 50.4 Å². The topological polar surface area (TPSA) is 80.5 Å². The van der Waals surface area contributed by atoms with E-state index in [9.17, 15) is 13.2 Å². The molecule has 0 aliphatic heterocycles. The van der Waals surface area contributed by atoms with E-state index in [1.165, 1.54) is 6.26 Å². The lowest BCUT2D eigenvalue weighted by Gasteiger charge is -2.37. The zero-order chi connectivity index (χ0) is 13.8. The van der Waals surface area contributed by atoms with Gasteiger partial charge in [0.2, 0.25) is 5.91 Å². The van der Waals surface area contributed by atoms with Crippen LogP contribution in [0.5, 0.6) is 0 Å². The van der Waals surface area contributed by atoms with Crippen LogP contribution in [0.4, 0.5) is 0 Å². The molecule has 0 heterocycles. The maximum absolute atomic E-state index is 11.9. The first-order chi connectivity index (χ1) is 8.38. The van der Waals surface area contributed by atoms with E-state index in [-0.39, 0.29) is 11.9 Å². The predicted octanol–water partition coefficient (Wildman–Crippen LogP) is 0.540. The van der Waals surface area contributed by atoms with E-state index in [0.29, 0.717) is 25.8 Å². The van der Waals surface area contributed by atoms with Crippen molar-refractivity contribution in [3.8, 4) is 0 Å². The summed E-state index contributed by atoms with van der Waals surface area (Å²) >= 11 is 0. The lowest BCUT2D eigenvalue weighted by atomic mass is 9.93. The van der Waals surface area contributed by atoms with E-state index in [2.05, 4.69) is 0 Å². The molecule has 2 atom stereocenters. The van der Waals surface area contributed by atoms with Gasteiger partial charge in [-0.15, -0.1) is 0 Å². The summed E-state index contributed by atoms with van der Waals surface area (Å²) in [5, 5.41) is -0.405. The van der Waals surface area contributed by atoms with Gasteiger partial charge in [-0.05, 0) is 25.8 Å². The standard InChI is InChI=1S/C12H24N2O3S/c1-14(12(15)8-5-9-13)10-6-3-4-7-11(10)18(2,16)17/h10-11H,3-9,13H2,1-2H3/t10-,11+/m1/s1. The second-order valence-electron chi connectivity index (χ2n) is 5.12. The molecule has 0 bridgehead atoms. The minimum absolute atomic E-state index is 0.000926. The summed E-state index contributed by atoms with van der Waals surface area (Å²) in [5.41, 5.74) is 5.39. The highest BCUT2D eigenvalue weighted by Crippen LogP contribution is 2.27. The fourth-order valence-corrected chi connectivity index (χ4v) is 4.12. The van der Waals surface area contributed by atoms with Crippen LogP contribution in [0.15, 0.2) is 0 Å². The zero-order valence-electron chi connectivity index (χ0n) is 11.3. The lowest BCUT2D eigenvalue weighted by molar-refractivity contribution is -0.132. The molecule has 5 nitrogen and oxygen atoms in total. The monoisotopic (exact) mass is 276 g/mol. The third kappa shape index (κ3) is 3.95. The number of nitrogens with zero attached hydrogens (tertiary/aromatic N) is 1. The van der Waals surface area contributed by atoms with Crippen molar-refractivity contribution in [1.29, 1.82) is 0 Å². The Morgan fingerprint density at radius 2 is 1.94 bits per heavy atom. The van der Waals surface area contributed by atoms with Crippen molar-refractivity contribution in [3.05, 3.63) is 0 Å². The van der Waals surface area contributed by atoms with Crippen molar-refractivity contribution in [2.45, 2.75) is 49.8 Å². The van der Waals surface area contributed by atoms with Gasteiger partial charge in [0, 0.05) is 25.8 Å². The van der Waals surface area contributed by atoms with Crippen LogP contribution in [-0.2, 0) is 14.6 Å². The number of nitrogens with two attached hydrogens (primary N) is 1. The van der Waals surface area contributed by atoms with Crippen LogP contribution in [0.2, 0.25) is 0 Å². The summed E-state index contributed by atoms with van der Waals surface area (Å²) < 4.78 is 23.6. The van der Waals surface area contributed by atoms with E-state index < -0.39 is 15.1 Å². The lowest BCUT2D eigenvalue weighted by Crippen LogP contribution is -2.49. The van der Waals surface area contributed by atoms with E-state index >= 15 is 0 Å². The van der Waals surface area contributed by atoms with Crippen molar-refractivity contribution >= 4 is 15.7 Å². The average molecular weight is 276 g/mol. The molecule has 6 heteroatoms. The van der Waals surface area contributed by atoms with Gasteiger partial charge in [0.05, 0.1) is 5.25 Å². The Bertz CT molecular complexity index is 381. The van der Waals surface area contributed by atoms with E-state index in [1.54, 1.807) is 11.9 Å². The number of rotatable bonds is 5. The number of carbonyl (C=O) groups excluding carboxylic acids is 1. The van der Waals surface area contributed by atoms with Gasteiger partial charge in [0.25, 0.3) is 0 Å². The van der Waals surface area contributed by atoms with Crippen LogP contribution >= 0.6 is 0 Å². The Labute approximate surface area is 110 Å². The molecular weight excluding hydrogens is 252 g/mol. The number of hydrogen-bond donors (Lipinski definition) is 1. The third-order valence-electron chi connectivity index (χ3n) is 3.70. The molecule has 2 N–H and O–H groups in total. The second-order valence-corrected chi connectivity index (χ2v) is 7.38. The molecular formula is C12H24N2O3S. The van der Waals surface area contributed by atoms with Gasteiger partial charge in [0.15, 0.2) is 9.84 Å². The smallest absolute Gasteiger partial charge is 0.222 e. The highest BCUT2D eigenvalue weighted by molar-refractivity contribution is 7.91. The second kappa shape index (κ2) is 6.52. The predicted molar refractivity (Wildman–Crippen MR) is 71.9 cm³/mol. The van der Waals surface area contributed by atoms with Crippen molar-refractivity contribution in [1.82, 2.24) is 4.90 Å². The molecule has 18 heavy (non-hydrogen) atoms. The molecule has 0 saturated heterocycles. The minimum Gasteiger partial charge on any atom is -0.341 e. The Kier molecular flexibility index (Phi) is 5.59. The summed E-state index contributed by atoms with van der Waals surface area (Å²) in [7, 11) is -1.38. The number of sulfone groups is 1. The third-order valence-corrected chi connectivity index (χ3v) is 5.35. The van der Waals surface area contributed by atoms with Crippen molar-refractivity contribution < 1.29 is 13.2 Å². The molecule has 0 spiro atoms. The molecule has 1 fully saturated rings. The zero-order valence-corrected chi connectivity index (χ0v) is 12.1. The normalized spacial score (nSPS) is 24.8. The van der Waals surface area contributed by atoms with Crippen molar-refractivity contribution in [2.24, 2.45) is 5.73 Å². The maximum Gasteiger partial charge on any atom is 0.222 e. The van der Waals surface area contributed by atoms with Crippen LogP contribution in [0.3, 0.4) is 0 Å². The summed E-state index contributed by atoms with van der Waals surface area (Å²) in [6, 6.07) is -0.168. The van der Waals surface area contributed by atoms with Gasteiger partial charge >= 0.3 is 0 Å². The quantitative estimate of drug-likeness (QED) is 0.794. The molecule has 0 aromatic heterocycles. The van der Waals surface area contributed by atoms with E-state index in [4.69, 9.17) is 5.73 Å². The fraction of sp³-hybridized carbons (Fsp3) is 0.917. The van der Waals surface area contributed by atoms with Crippen molar-refractivity contribution in [3.63, 3.8) is 0 Å². The highest BCUT2D eigenvalue weighted by Gasteiger charge is 2.36. The summed E-state index contributed by atoms with van der Waals surface area (Å²) in [6.07, 6.45) is 5.69. The summed E-state index contributed by atoms with van der Waals surface area (Å²) in [5.74, 6) is 0.000926. The number of carbonyl (C=O) groups is 1. The summed E-state index contributed by atoms with van der Waals surface area (Å²) in [4.78, 5) is 13.6. The van der Waals surface area contributed by atoms with Gasteiger partial charge < -0.3 is 10.6 Å². The molecule has 0 aromatic carbocycles. The van der Waals surface area contributed by atoms with Gasteiger partial charge in [-0.1, -0.05) is 12.8 Å². The van der Waals surface area contributed by atoms with Gasteiger partial charge in [-0.2, -0.15) is 0 Å². The molecule has 1 aliphatic rings. The molecule has 0 unspecified atom stereocenters. The molecule has 0 aromatic rings. The van der Waals surface area contributed by atoms with Gasteiger partial charge in [0.1, 0.15) is 0 Å². The molecule has 106 valence electrons. The molecule has 1 aliphatic carbocycles. The molecule has 1 saturated carbocycles. The molecule has 0 radical (unpaired) electrons.